The maximum Gasteiger partial charge on any atom is 0.197 e. The minimum atomic E-state index is 0. The van der Waals surface area contributed by atoms with Gasteiger partial charge in [-0.3, -0.25) is 4.79 Å². The highest BCUT2D eigenvalue weighted by Gasteiger charge is 2.16. The van der Waals surface area contributed by atoms with Crippen LogP contribution in [0.15, 0.2) is 4.79 Å². The first kappa shape index (κ1) is 15.7. The minimum absolute atomic E-state index is 0. The summed E-state index contributed by atoms with van der Waals surface area (Å²) in [5.74, 6) is 0. The number of hydrogen-bond acceptors (Lipinski definition) is 3. The quantitative estimate of drug-likeness (QED) is 0.936. The number of aromatic amines is 1. The van der Waals surface area contributed by atoms with Crippen molar-refractivity contribution in [3.05, 3.63) is 27.2 Å². The average Bonchev–Trinajstić information content (AvgIpc) is 2.60. The lowest BCUT2D eigenvalue weighted by atomic mass is 10.1. The molecule has 2 aromatic rings. The van der Waals surface area contributed by atoms with Crippen LogP contribution in [0.1, 0.15) is 23.9 Å². The summed E-state index contributed by atoms with van der Waals surface area (Å²) in [7, 11) is 3.93. The Hall–Kier alpha value is -1.33. The van der Waals surface area contributed by atoms with E-state index in [1.165, 1.54) is 0 Å². The van der Waals surface area contributed by atoms with Gasteiger partial charge in [0.15, 0.2) is 5.43 Å². The normalized spacial score (nSPS) is 11.1. The Morgan fingerprint density at radius 2 is 1.95 bits per heavy atom. The van der Waals surface area contributed by atoms with Crippen molar-refractivity contribution in [2.24, 2.45) is 0 Å². The van der Waals surface area contributed by atoms with Crippen LogP contribution in [0.4, 0.5) is 0 Å². The Morgan fingerprint density at radius 1 is 1.32 bits per heavy atom. The molecule has 106 valence electrons. The molecule has 6 heteroatoms. The lowest BCUT2D eigenvalue weighted by Gasteiger charge is -2.12. The van der Waals surface area contributed by atoms with Gasteiger partial charge in [0.05, 0.1) is 11.1 Å². The highest BCUT2D eigenvalue weighted by Crippen LogP contribution is 2.15. The fraction of sp³-hybridized carbons (Fsp3) is 0.538. The molecule has 0 saturated heterocycles. The monoisotopic (exact) mass is 284 g/mol. The van der Waals surface area contributed by atoms with Crippen LogP contribution < -0.4 is 5.43 Å². The van der Waals surface area contributed by atoms with Gasteiger partial charge in [-0.05, 0) is 34.9 Å². The number of nitrogens with one attached hydrogen (secondary N) is 1. The zero-order valence-electron chi connectivity index (χ0n) is 12.1. The highest BCUT2D eigenvalue weighted by molar-refractivity contribution is 5.85. The summed E-state index contributed by atoms with van der Waals surface area (Å²) in [5, 5.41) is 5.12. The van der Waals surface area contributed by atoms with Gasteiger partial charge in [0.2, 0.25) is 0 Å². The summed E-state index contributed by atoms with van der Waals surface area (Å²) >= 11 is 0. The molecule has 1 N–H and O–H groups in total. The van der Waals surface area contributed by atoms with E-state index in [1.54, 1.807) is 0 Å². The van der Waals surface area contributed by atoms with Crippen LogP contribution in [0.25, 0.3) is 11.0 Å². The van der Waals surface area contributed by atoms with Gasteiger partial charge >= 0.3 is 0 Å². The molecule has 19 heavy (non-hydrogen) atoms. The van der Waals surface area contributed by atoms with Gasteiger partial charge in [-0.2, -0.15) is 5.10 Å². The first-order chi connectivity index (χ1) is 8.45. The Balaban J connectivity index is 0.00000180. The maximum absolute atomic E-state index is 12.5. The molecule has 0 saturated carbocycles. The lowest BCUT2D eigenvalue weighted by molar-refractivity contribution is 0.400. The number of aryl methyl sites for hydroxylation is 3. The molecular weight excluding hydrogens is 264 g/mol. The molecular formula is C13H21ClN4O. The summed E-state index contributed by atoms with van der Waals surface area (Å²) in [6.07, 6.45) is 0. The number of fused-ring (bicyclic) bond motifs is 1. The van der Waals surface area contributed by atoms with E-state index in [4.69, 9.17) is 0 Å². The molecule has 2 aromatic heterocycles. The topological polar surface area (TPSA) is 53.9 Å². The van der Waals surface area contributed by atoms with Crippen LogP contribution in [-0.2, 0) is 13.1 Å². The van der Waals surface area contributed by atoms with Crippen molar-refractivity contribution in [2.45, 2.75) is 33.9 Å². The summed E-state index contributed by atoms with van der Waals surface area (Å²) in [6.45, 7) is 7.26. The van der Waals surface area contributed by atoms with E-state index in [-0.39, 0.29) is 17.8 Å². The Bertz CT molecular complexity index is 642. The fourth-order valence-corrected chi connectivity index (χ4v) is 2.29. The van der Waals surface area contributed by atoms with Gasteiger partial charge in [-0.1, -0.05) is 0 Å². The lowest BCUT2D eigenvalue weighted by Crippen LogP contribution is -2.21. The minimum Gasteiger partial charge on any atom is -0.343 e. The van der Waals surface area contributed by atoms with Gasteiger partial charge in [0.25, 0.3) is 0 Å². The van der Waals surface area contributed by atoms with E-state index in [2.05, 4.69) is 10.1 Å². The van der Waals surface area contributed by atoms with Gasteiger partial charge < -0.3 is 9.88 Å². The van der Waals surface area contributed by atoms with Gasteiger partial charge in [-0.25, -0.2) is 4.68 Å². The van der Waals surface area contributed by atoms with E-state index >= 15 is 0 Å². The molecule has 2 rings (SSSR count). The summed E-state index contributed by atoms with van der Waals surface area (Å²) in [5.41, 5.74) is 3.49. The standard InChI is InChI=1S/C13H20N4O.ClH/c1-6-17-13-11(9(3)15-17)12(18)10(7-16(4)5)8(2)14-13;/h6-7H2,1-5H3,(H,14,18);1H. The second kappa shape index (κ2) is 5.75. The van der Waals surface area contributed by atoms with E-state index < -0.39 is 0 Å². The largest absolute Gasteiger partial charge is 0.343 e. The zero-order chi connectivity index (χ0) is 13.4. The molecule has 0 aromatic carbocycles. The third-order valence-electron chi connectivity index (χ3n) is 3.16. The number of halogens is 1. The number of hydrogen-bond donors (Lipinski definition) is 1. The second-order valence-corrected chi connectivity index (χ2v) is 4.92. The first-order valence-corrected chi connectivity index (χ1v) is 6.19. The number of H-pyrrole nitrogens is 1. The van der Waals surface area contributed by atoms with Crippen molar-refractivity contribution in [1.29, 1.82) is 0 Å². The average molecular weight is 285 g/mol. The molecule has 0 atom stereocenters. The molecule has 0 amide bonds. The third kappa shape index (κ3) is 2.67. The Kier molecular flexibility index (Phi) is 4.76. The van der Waals surface area contributed by atoms with Crippen LogP contribution in [0.3, 0.4) is 0 Å². The Morgan fingerprint density at radius 3 is 2.47 bits per heavy atom. The SMILES string of the molecule is CCn1nc(C)c2c(=O)c(CN(C)C)c(C)[nH]c21.Cl. The summed E-state index contributed by atoms with van der Waals surface area (Å²) < 4.78 is 1.85. The molecule has 0 fully saturated rings. The molecule has 0 radical (unpaired) electrons. The van der Waals surface area contributed by atoms with E-state index in [1.807, 2.05) is 44.4 Å². The van der Waals surface area contributed by atoms with Crippen LogP contribution in [0.5, 0.6) is 0 Å². The molecule has 0 aliphatic heterocycles. The molecule has 0 unspecified atom stereocenters. The van der Waals surface area contributed by atoms with Crippen LogP contribution in [-0.4, -0.2) is 33.8 Å². The van der Waals surface area contributed by atoms with Crippen molar-refractivity contribution >= 4 is 23.4 Å². The molecule has 0 aliphatic rings. The number of aromatic nitrogens is 3. The smallest absolute Gasteiger partial charge is 0.197 e. The van der Waals surface area contributed by atoms with Crippen LogP contribution in [0, 0.1) is 13.8 Å². The molecule has 0 aliphatic carbocycles. The Labute approximate surface area is 119 Å². The van der Waals surface area contributed by atoms with E-state index in [9.17, 15) is 4.79 Å². The van der Waals surface area contributed by atoms with Crippen molar-refractivity contribution < 1.29 is 0 Å². The van der Waals surface area contributed by atoms with E-state index in [0.717, 1.165) is 34.5 Å². The molecule has 5 nitrogen and oxygen atoms in total. The number of pyridine rings is 1. The summed E-state index contributed by atoms with van der Waals surface area (Å²) in [4.78, 5) is 17.9. The van der Waals surface area contributed by atoms with E-state index in [0.29, 0.717) is 6.54 Å². The highest BCUT2D eigenvalue weighted by atomic mass is 35.5. The van der Waals surface area contributed by atoms with Crippen LogP contribution in [0.2, 0.25) is 0 Å². The fourth-order valence-electron chi connectivity index (χ4n) is 2.29. The maximum atomic E-state index is 12.5. The van der Waals surface area contributed by atoms with Crippen molar-refractivity contribution in [3.8, 4) is 0 Å². The second-order valence-electron chi connectivity index (χ2n) is 4.92. The number of nitrogens with zero attached hydrogens (tertiary/aromatic N) is 3. The van der Waals surface area contributed by atoms with Crippen molar-refractivity contribution in [1.82, 2.24) is 19.7 Å². The van der Waals surface area contributed by atoms with Crippen molar-refractivity contribution in [3.63, 3.8) is 0 Å². The predicted molar refractivity (Wildman–Crippen MR) is 80.1 cm³/mol. The summed E-state index contributed by atoms with van der Waals surface area (Å²) in [6, 6.07) is 0. The van der Waals surface area contributed by atoms with Crippen LogP contribution >= 0.6 is 12.4 Å². The molecule has 0 spiro atoms. The number of rotatable bonds is 3. The van der Waals surface area contributed by atoms with Gasteiger partial charge in [-0.15, -0.1) is 12.4 Å². The predicted octanol–water partition coefficient (Wildman–Crippen LogP) is 1.84. The third-order valence-corrected chi connectivity index (χ3v) is 3.16. The van der Waals surface area contributed by atoms with Gasteiger partial charge in [0, 0.05) is 24.3 Å². The first-order valence-electron chi connectivity index (χ1n) is 6.19. The molecule has 2 heterocycles. The molecule has 0 bridgehead atoms. The van der Waals surface area contributed by atoms with Crippen molar-refractivity contribution in [2.75, 3.05) is 14.1 Å². The van der Waals surface area contributed by atoms with Gasteiger partial charge in [0.1, 0.15) is 5.65 Å². The zero-order valence-corrected chi connectivity index (χ0v) is 12.9.